The Bertz CT molecular complexity index is 2360. The maximum absolute atomic E-state index is 7.64. The zero-order valence-electron chi connectivity index (χ0n) is 28.4. The third kappa shape index (κ3) is 6.87. The molecule has 8 aromatic rings. The van der Waals surface area contributed by atoms with Gasteiger partial charge in [-0.2, -0.15) is 0 Å². The smallest absolute Gasteiger partial charge is 0 e. The molecule has 0 fully saturated rings. The van der Waals surface area contributed by atoms with E-state index in [0.29, 0.717) is 11.3 Å². The van der Waals surface area contributed by atoms with Crippen molar-refractivity contribution in [3.8, 4) is 33.6 Å². The van der Waals surface area contributed by atoms with Gasteiger partial charge in [-0.3, -0.25) is 0 Å². The van der Waals surface area contributed by atoms with Crippen LogP contribution in [0.15, 0.2) is 138 Å². The number of aromatic nitrogens is 2. The van der Waals surface area contributed by atoms with Gasteiger partial charge in [-0.15, -0.1) is 18.2 Å². The van der Waals surface area contributed by atoms with E-state index in [4.69, 9.17) is 7.16 Å². The molecule has 5 aromatic carbocycles. The Balaban J connectivity index is 0.000000176. The zero-order chi connectivity index (χ0) is 33.3. The van der Waals surface area contributed by atoms with Crippen molar-refractivity contribution in [1.29, 1.82) is 0 Å². The van der Waals surface area contributed by atoms with Gasteiger partial charge in [-0.1, -0.05) is 65.0 Å². The van der Waals surface area contributed by atoms with Crippen molar-refractivity contribution in [3.05, 3.63) is 151 Å². The van der Waals surface area contributed by atoms with Crippen LogP contribution in [0.3, 0.4) is 0 Å². The van der Waals surface area contributed by atoms with Crippen LogP contribution in [0.5, 0.6) is 0 Å². The Morgan fingerprint density at radius 3 is 2.23 bits per heavy atom. The number of nitrogens with zero attached hydrogens (tertiary/aromatic N) is 2. The molecule has 0 N–H and O–H groups in total. The molecule has 5 heteroatoms. The Kier molecular flexibility index (Phi) is 8.81. The summed E-state index contributed by atoms with van der Waals surface area (Å²) >= 11 is -1.78. The van der Waals surface area contributed by atoms with Crippen LogP contribution in [0.1, 0.15) is 8.30 Å². The van der Waals surface area contributed by atoms with Crippen molar-refractivity contribution in [1.82, 2.24) is 9.97 Å². The first-order valence-electron chi connectivity index (χ1n) is 16.5. The molecule has 0 amide bonds. The number of rotatable bonds is 4. The second kappa shape index (κ2) is 13.8. The van der Waals surface area contributed by atoms with Crippen LogP contribution in [0, 0.1) is 19.0 Å². The van der Waals surface area contributed by atoms with Gasteiger partial charge in [0.05, 0.1) is 5.58 Å². The van der Waals surface area contributed by atoms with E-state index in [-0.39, 0.29) is 20.1 Å². The topological polar surface area (TPSA) is 38.9 Å². The van der Waals surface area contributed by atoms with E-state index in [1.54, 1.807) is 18.3 Å². The number of benzene rings is 5. The summed E-state index contributed by atoms with van der Waals surface area (Å²) in [5.41, 5.74) is 7.89. The van der Waals surface area contributed by atoms with Gasteiger partial charge in [0.2, 0.25) is 0 Å². The molecule has 233 valence electrons. The molecule has 0 aliphatic rings. The molecule has 0 spiro atoms. The fraction of sp³-hybridized carbons (Fsp3) is 0.0952. The van der Waals surface area contributed by atoms with Gasteiger partial charge >= 0.3 is 123 Å². The molecule has 0 saturated heterocycles. The van der Waals surface area contributed by atoms with Crippen molar-refractivity contribution in [2.45, 2.75) is 24.1 Å². The minimum Gasteiger partial charge on any atom is 0 e. The normalized spacial score (nSPS) is 11.9. The minimum atomic E-state index is -1.78. The SMILES string of the molecule is [2H]C([2H])c1ccnc(-c2[c-]ccc3c2oc2cc(-c4ccccc4)ccc23)c1.[CH3][Ge]([CH3])([CH3])[c]1ccc(-c2[c-]ccc3ccccc23)nc1.[Ir]. The molecule has 3 heterocycles. The zero-order valence-corrected chi connectivity index (χ0v) is 30.9. The van der Waals surface area contributed by atoms with E-state index in [1.165, 1.54) is 15.2 Å². The molecule has 1 radical (unpaired) electrons. The number of furan rings is 1. The maximum atomic E-state index is 7.64. The maximum Gasteiger partial charge on any atom is 0 e. The van der Waals surface area contributed by atoms with Gasteiger partial charge in [0, 0.05) is 34.4 Å². The number of pyridine rings is 2. The predicted octanol–water partition coefficient (Wildman–Crippen LogP) is 10.7. The van der Waals surface area contributed by atoms with Crippen LogP contribution in [0.4, 0.5) is 0 Å². The molecule has 0 bridgehead atoms. The molecule has 0 atom stereocenters. The van der Waals surface area contributed by atoms with Gasteiger partial charge in [0.25, 0.3) is 0 Å². The first kappa shape index (κ1) is 30.0. The largest absolute Gasteiger partial charge is 0 e. The number of aryl methyl sites for hydroxylation is 1. The van der Waals surface area contributed by atoms with Crippen molar-refractivity contribution >= 4 is 50.4 Å². The number of hydrogen-bond acceptors (Lipinski definition) is 3. The van der Waals surface area contributed by atoms with Gasteiger partial charge in [-0.25, -0.2) is 0 Å². The summed E-state index contributed by atoms with van der Waals surface area (Å²) in [6.45, 7) is -1.05. The van der Waals surface area contributed by atoms with E-state index < -0.39 is 20.1 Å². The van der Waals surface area contributed by atoms with Crippen LogP contribution in [-0.4, -0.2) is 23.2 Å². The van der Waals surface area contributed by atoms with Gasteiger partial charge < -0.3 is 9.40 Å². The number of fused-ring (bicyclic) bond motifs is 4. The van der Waals surface area contributed by atoms with E-state index in [0.717, 1.165) is 49.9 Å². The Morgan fingerprint density at radius 1 is 0.660 bits per heavy atom. The fourth-order valence-corrected chi connectivity index (χ4v) is 7.86. The Labute approximate surface area is 295 Å². The summed E-state index contributed by atoms with van der Waals surface area (Å²) < 4.78 is 23.0. The van der Waals surface area contributed by atoms with Crippen LogP contribution in [-0.2, 0) is 20.1 Å². The summed E-state index contributed by atoms with van der Waals surface area (Å²) in [7, 11) is 0. The summed E-state index contributed by atoms with van der Waals surface area (Å²) in [4.78, 5) is 9.10. The first-order chi connectivity index (χ1) is 23.3. The second-order valence-corrected chi connectivity index (χ2v) is 23.0. The molecule has 0 saturated carbocycles. The third-order valence-corrected chi connectivity index (χ3v) is 12.4. The van der Waals surface area contributed by atoms with E-state index in [9.17, 15) is 0 Å². The second-order valence-electron chi connectivity index (χ2n) is 12.4. The first-order valence-corrected chi connectivity index (χ1v) is 22.7. The molecule has 0 aliphatic heterocycles. The molecular formula is C42H34GeIrN2O-2. The third-order valence-electron chi connectivity index (χ3n) is 8.19. The van der Waals surface area contributed by atoms with Gasteiger partial charge in [0.1, 0.15) is 5.58 Å². The molecule has 3 aromatic heterocycles. The molecule has 8 rings (SSSR count). The number of hydrogen-bond donors (Lipinski definition) is 0. The average Bonchev–Trinajstić information content (AvgIpc) is 3.50. The van der Waals surface area contributed by atoms with E-state index in [2.05, 4.69) is 118 Å². The van der Waals surface area contributed by atoms with E-state index in [1.807, 2.05) is 36.4 Å². The van der Waals surface area contributed by atoms with Crippen molar-refractivity contribution in [2.75, 3.05) is 0 Å². The van der Waals surface area contributed by atoms with Gasteiger partial charge in [-0.05, 0) is 35.8 Å². The monoisotopic (exact) mass is 851 g/mol. The van der Waals surface area contributed by atoms with Crippen molar-refractivity contribution in [3.63, 3.8) is 0 Å². The van der Waals surface area contributed by atoms with Crippen LogP contribution in [0.2, 0.25) is 17.3 Å². The Hall–Kier alpha value is -4.35. The standard InChI is InChI=1S/C24H16NO.C18H18GeN.Ir/c1-16-12-13-25-22(14-16)21-9-5-8-20-19-11-10-18(15-23(19)26-24(20)21)17-6-3-2-4-7-17;1-19(2,3)15-11-12-18(20-13-15)17-10-6-8-14-7-4-5-9-16(14)17;/h2-8,10-15H,1H3;4-9,11-13H,1-3H3;/q2*-1;/i1D2;;. The molecule has 0 aliphatic carbocycles. The van der Waals surface area contributed by atoms with Crippen LogP contribution >= 0.6 is 0 Å². The Morgan fingerprint density at radius 2 is 1.45 bits per heavy atom. The quantitative estimate of drug-likeness (QED) is 0.131. The summed E-state index contributed by atoms with van der Waals surface area (Å²) in [5.74, 6) is 7.17. The molecule has 47 heavy (non-hydrogen) atoms. The summed E-state index contributed by atoms with van der Waals surface area (Å²) in [6.07, 6.45) is 3.69. The van der Waals surface area contributed by atoms with Crippen LogP contribution in [0.25, 0.3) is 66.4 Å². The average molecular weight is 850 g/mol. The minimum absolute atomic E-state index is 0. The molecule has 3 nitrogen and oxygen atoms in total. The molecule has 0 unspecified atom stereocenters. The van der Waals surface area contributed by atoms with Crippen molar-refractivity contribution in [2.24, 2.45) is 0 Å². The molecular weight excluding hydrogens is 813 g/mol. The summed E-state index contributed by atoms with van der Waals surface area (Å²) in [5, 5.41) is 4.50. The van der Waals surface area contributed by atoms with E-state index >= 15 is 0 Å². The van der Waals surface area contributed by atoms with Gasteiger partial charge in [0.15, 0.2) is 0 Å². The van der Waals surface area contributed by atoms with Crippen molar-refractivity contribution < 1.29 is 27.3 Å². The summed E-state index contributed by atoms with van der Waals surface area (Å²) in [6, 6.07) is 47.2. The van der Waals surface area contributed by atoms with Crippen LogP contribution < -0.4 is 4.40 Å². The predicted molar refractivity (Wildman–Crippen MR) is 195 cm³/mol. The fourth-order valence-electron chi connectivity index (χ4n) is 5.69.